The number of rotatable bonds is 8. The van der Waals surface area contributed by atoms with Gasteiger partial charge in [0.25, 0.3) is 0 Å². The molecule has 2 aliphatic rings. The second-order valence-electron chi connectivity index (χ2n) is 10.8. The molecule has 1 aliphatic heterocycles. The summed E-state index contributed by atoms with van der Waals surface area (Å²) in [6, 6.07) is 3.59. The van der Waals surface area contributed by atoms with Crippen LogP contribution in [0.4, 0.5) is 0 Å². The van der Waals surface area contributed by atoms with Gasteiger partial charge in [0.1, 0.15) is 17.6 Å². The number of ether oxygens (including phenoxy) is 3. The molecule has 5 atom stereocenters. The van der Waals surface area contributed by atoms with Crippen LogP contribution in [0.15, 0.2) is 39.6 Å². The summed E-state index contributed by atoms with van der Waals surface area (Å²) in [6.07, 6.45) is 3.49. The zero-order valence-corrected chi connectivity index (χ0v) is 22.0. The number of hydrogen-bond acceptors (Lipinski definition) is 8. The molecule has 0 fully saturated rings. The van der Waals surface area contributed by atoms with Crippen LogP contribution < -0.4 is 0 Å². The first-order valence-corrected chi connectivity index (χ1v) is 12.3. The maximum atomic E-state index is 12.8. The number of hydrogen-bond donors (Lipinski definition) is 1. The zero-order valence-electron chi connectivity index (χ0n) is 22.0. The number of carboxylic acids is 1. The average molecular weight is 515 g/mol. The van der Waals surface area contributed by atoms with Gasteiger partial charge in [-0.2, -0.15) is 0 Å². The first kappa shape index (κ1) is 26.7. The lowest BCUT2D eigenvalue weighted by atomic mass is 9.61. The first-order chi connectivity index (χ1) is 17.4. The maximum Gasteiger partial charge on any atom is 0.331 e. The van der Waals surface area contributed by atoms with Crippen molar-refractivity contribution in [1.82, 2.24) is 0 Å². The van der Waals surface area contributed by atoms with E-state index in [4.69, 9.17) is 23.0 Å². The van der Waals surface area contributed by atoms with Gasteiger partial charge >= 0.3 is 17.9 Å². The number of cyclic esters (lactones) is 1. The molecule has 2 aromatic heterocycles. The van der Waals surface area contributed by atoms with E-state index in [0.717, 1.165) is 5.56 Å². The molecular weight excluding hydrogens is 480 g/mol. The smallest absolute Gasteiger partial charge is 0.331 e. The van der Waals surface area contributed by atoms with E-state index in [1.807, 2.05) is 19.9 Å². The quantitative estimate of drug-likeness (QED) is 0.459. The van der Waals surface area contributed by atoms with Crippen LogP contribution in [0.5, 0.6) is 0 Å². The van der Waals surface area contributed by atoms with Gasteiger partial charge in [0.15, 0.2) is 0 Å². The summed E-state index contributed by atoms with van der Waals surface area (Å²) in [4.78, 5) is 36.6. The monoisotopic (exact) mass is 514 g/mol. The fourth-order valence-electron chi connectivity index (χ4n) is 6.22. The number of furan rings is 2. The average Bonchev–Trinajstić information content (AvgIpc) is 3.52. The molecule has 0 aromatic carbocycles. The van der Waals surface area contributed by atoms with Crippen LogP contribution >= 0.6 is 0 Å². The van der Waals surface area contributed by atoms with Crippen molar-refractivity contribution in [2.45, 2.75) is 65.1 Å². The van der Waals surface area contributed by atoms with Gasteiger partial charge in [-0.15, -0.1) is 0 Å². The number of methoxy groups -OCH3 is 2. The molecule has 2 aromatic rings. The van der Waals surface area contributed by atoms with Gasteiger partial charge in [-0.1, -0.05) is 27.7 Å². The number of esters is 2. The van der Waals surface area contributed by atoms with Crippen molar-refractivity contribution in [2.75, 3.05) is 14.2 Å². The standard InChI is InChI=1S/C28H34O9/c1-15-18(12-22(31)33-5)27(2,3)26(34-6)17-11-20(36-24(15)17)19-13-23(32)37-25(16-8-10-35-14-16)28(19,4)9-7-21(29)30/h8,10-11,13-15,18,25-26H,7,9,12H2,1-6H3,(H,29,30). The summed E-state index contributed by atoms with van der Waals surface area (Å²) in [7, 11) is 2.99. The largest absolute Gasteiger partial charge is 0.481 e. The van der Waals surface area contributed by atoms with Crippen LogP contribution in [0, 0.1) is 16.7 Å². The molecule has 0 bridgehead atoms. The Bertz CT molecular complexity index is 1200. The topological polar surface area (TPSA) is 125 Å². The number of aliphatic carboxylic acids is 1. The number of carboxylic acid groups (broad SMARTS) is 1. The Balaban J connectivity index is 1.84. The van der Waals surface area contributed by atoms with Crippen molar-refractivity contribution in [2.24, 2.45) is 16.7 Å². The minimum absolute atomic E-state index is 0.126. The van der Waals surface area contributed by atoms with Gasteiger partial charge in [-0.25, -0.2) is 4.79 Å². The second kappa shape index (κ2) is 9.85. The van der Waals surface area contributed by atoms with E-state index in [-0.39, 0.29) is 43.2 Å². The molecule has 0 amide bonds. The van der Waals surface area contributed by atoms with Crippen LogP contribution in [-0.4, -0.2) is 37.2 Å². The minimum Gasteiger partial charge on any atom is -0.481 e. The normalized spacial score (nSPS) is 28.7. The Labute approximate surface area is 215 Å². The third-order valence-corrected chi connectivity index (χ3v) is 8.23. The Kier molecular flexibility index (Phi) is 7.12. The van der Waals surface area contributed by atoms with E-state index in [0.29, 0.717) is 22.7 Å². The molecule has 200 valence electrons. The van der Waals surface area contributed by atoms with Gasteiger partial charge in [0.2, 0.25) is 0 Å². The summed E-state index contributed by atoms with van der Waals surface area (Å²) in [5.41, 5.74) is 0.683. The number of carbonyl (C=O) groups excluding carboxylic acids is 2. The summed E-state index contributed by atoms with van der Waals surface area (Å²) >= 11 is 0. The van der Waals surface area contributed by atoms with Gasteiger partial charge in [-0.3, -0.25) is 9.59 Å². The van der Waals surface area contributed by atoms with Crippen LogP contribution in [0.2, 0.25) is 0 Å². The molecule has 0 saturated heterocycles. The Morgan fingerprint density at radius 3 is 2.51 bits per heavy atom. The predicted molar refractivity (Wildman–Crippen MR) is 131 cm³/mol. The van der Waals surface area contributed by atoms with E-state index in [2.05, 4.69) is 13.8 Å². The molecule has 37 heavy (non-hydrogen) atoms. The minimum atomic E-state index is -0.956. The van der Waals surface area contributed by atoms with Crippen molar-refractivity contribution >= 4 is 23.5 Å². The van der Waals surface area contributed by atoms with Crippen molar-refractivity contribution in [3.8, 4) is 0 Å². The van der Waals surface area contributed by atoms with Crippen LogP contribution in [0.25, 0.3) is 5.57 Å². The van der Waals surface area contributed by atoms with Crippen LogP contribution in [-0.2, 0) is 28.6 Å². The third-order valence-electron chi connectivity index (χ3n) is 8.23. The van der Waals surface area contributed by atoms with Crippen LogP contribution in [0.3, 0.4) is 0 Å². The van der Waals surface area contributed by atoms with Crippen molar-refractivity contribution < 1.29 is 42.5 Å². The van der Waals surface area contributed by atoms with Gasteiger partial charge in [0, 0.05) is 54.1 Å². The third kappa shape index (κ3) is 4.61. The molecule has 4 rings (SSSR count). The first-order valence-electron chi connectivity index (χ1n) is 12.3. The summed E-state index contributed by atoms with van der Waals surface area (Å²) in [5, 5.41) is 9.47. The lowest BCUT2D eigenvalue weighted by Crippen LogP contribution is -2.40. The lowest BCUT2D eigenvalue weighted by molar-refractivity contribution is -0.151. The summed E-state index contributed by atoms with van der Waals surface area (Å²) < 4.78 is 28.3. The van der Waals surface area contributed by atoms with Crippen molar-refractivity contribution in [1.29, 1.82) is 0 Å². The molecule has 9 nitrogen and oxygen atoms in total. The van der Waals surface area contributed by atoms with Crippen molar-refractivity contribution in [3.63, 3.8) is 0 Å². The molecule has 5 unspecified atom stereocenters. The lowest BCUT2D eigenvalue weighted by Gasteiger charge is -2.46. The van der Waals surface area contributed by atoms with E-state index in [1.165, 1.54) is 25.7 Å². The Morgan fingerprint density at radius 1 is 1.19 bits per heavy atom. The van der Waals surface area contributed by atoms with Gasteiger partial charge < -0.3 is 28.2 Å². The van der Waals surface area contributed by atoms with E-state index < -0.39 is 28.9 Å². The molecular formula is C28H34O9. The van der Waals surface area contributed by atoms with Gasteiger partial charge in [-0.05, 0) is 29.9 Å². The molecule has 0 saturated carbocycles. The molecule has 0 radical (unpaired) electrons. The highest BCUT2D eigenvalue weighted by atomic mass is 16.5. The van der Waals surface area contributed by atoms with E-state index >= 15 is 0 Å². The van der Waals surface area contributed by atoms with Gasteiger partial charge in [0.05, 0.1) is 25.7 Å². The Hall–Kier alpha value is -3.33. The predicted octanol–water partition coefficient (Wildman–Crippen LogP) is 5.44. The summed E-state index contributed by atoms with van der Waals surface area (Å²) in [5.74, 6) is -0.959. The fourth-order valence-corrected chi connectivity index (χ4v) is 6.22. The second-order valence-corrected chi connectivity index (χ2v) is 10.8. The highest BCUT2D eigenvalue weighted by Crippen LogP contribution is 2.58. The molecule has 3 heterocycles. The molecule has 0 spiro atoms. The zero-order chi connectivity index (χ0) is 27.1. The SMILES string of the molecule is COC(=O)CC1C(C)c2oc(C3=CC(=O)OC(c4ccoc4)C3(C)CCC(=O)O)cc2C(OC)C1(C)C. The highest BCUT2D eigenvalue weighted by Gasteiger charge is 2.52. The molecule has 1 N–H and O–H groups in total. The van der Waals surface area contributed by atoms with Crippen LogP contribution in [0.1, 0.15) is 87.7 Å². The maximum absolute atomic E-state index is 12.8. The highest BCUT2D eigenvalue weighted by molar-refractivity contribution is 5.94. The fraction of sp³-hybridized carbons (Fsp3) is 0.536. The van der Waals surface area contributed by atoms with E-state index in [9.17, 15) is 19.5 Å². The Morgan fingerprint density at radius 2 is 1.92 bits per heavy atom. The molecule has 9 heteroatoms. The van der Waals surface area contributed by atoms with Crippen molar-refractivity contribution in [3.05, 3.63) is 53.4 Å². The summed E-state index contributed by atoms with van der Waals surface area (Å²) in [6.45, 7) is 8.00. The van der Waals surface area contributed by atoms with E-state index in [1.54, 1.807) is 13.2 Å². The molecule has 1 aliphatic carbocycles. The number of fused-ring (bicyclic) bond motifs is 1. The number of carbonyl (C=O) groups is 3.